The second-order valence-electron chi connectivity index (χ2n) is 28.9. The first kappa shape index (κ1) is 48.8. The monoisotopic (exact) mass is 1390 g/mol. The van der Waals surface area contributed by atoms with Crippen molar-refractivity contribution in [1.29, 1.82) is 0 Å². The summed E-state index contributed by atoms with van der Waals surface area (Å²) in [6.07, 6.45) is 5.64. The molecule has 3 aromatic heterocycles. The van der Waals surface area contributed by atoms with Crippen molar-refractivity contribution in [3.8, 4) is 84.3 Å². The summed E-state index contributed by atoms with van der Waals surface area (Å²) in [7, 11) is 0. The summed E-state index contributed by atoms with van der Waals surface area (Å²) >= 11 is 0. The van der Waals surface area contributed by atoms with Crippen LogP contribution in [0.3, 0.4) is 0 Å². The molecule has 0 fully saturated rings. The number of fused-ring (bicyclic) bond motifs is 4. The number of aromatic nitrogens is 4. The van der Waals surface area contributed by atoms with Crippen LogP contribution in [0.4, 0.5) is 0 Å². The van der Waals surface area contributed by atoms with Gasteiger partial charge in [0, 0.05) is 44.3 Å². The fourth-order valence-corrected chi connectivity index (χ4v) is 11.7. The van der Waals surface area contributed by atoms with Gasteiger partial charge in [0.1, 0.15) is 5.82 Å². The third-order valence-corrected chi connectivity index (χ3v) is 17.0. The van der Waals surface area contributed by atoms with Crippen LogP contribution in [0.5, 0.6) is 11.5 Å². The van der Waals surface area contributed by atoms with Crippen molar-refractivity contribution < 1.29 is 48.2 Å². The molecule has 0 aliphatic carbocycles. The van der Waals surface area contributed by atoms with Gasteiger partial charge in [-0.25, -0.2) is 4.98 Å². The average Bonchev–Trinajstić information content (AvgIpc) is 1.12. The maximum absolute atomic E-state index is 10.7. The number of benzene rings is 10. The standard InChI is InChI=1S/C86H82N4O.Pt/c1-82(2,3)64-36-33-58(34-37-64)59-35-40-77-79(48-59)88(69-29-24-30-70(53-69)91-71-38-39-73-72-31-22-23-32-76(72)90(78(73)54-71)80-52-65(41-42-87-80)83(4,5)6)55-89(77)81-74(62-44-60(56-25-18-16-19-26-56)43-61(45-62)57-27-20-17-21-28-57)50-68(86(13,14)15)51-75(81)63-46-66(84(7,8)9)49-67(47-63)85(10,11)12;/h16-52H,1-15H3;/q-2;/i16D,17D,18D,19D,20D,21D,25D,26D,27D,28D,43D,44D,45D;. The molecule has 0 saturated carbocycles. The molecule has 0 aliphatic heterocycles. The summed E-state index contributed by atoms with van der Waals surface area (Å²) < 4.78 is 135. The average molecular weight is 1400 g/mol. The Kier molecular flexibility index (Phi) is 12.7. The van der Waals surface area contributed by atoms with Crippen LogP contribution in [0.1, 0.15) is 149 Å². The zero-order valence-corrected chi connectivity index (χ0v) is 57.1. The quantitative estimate of drug-likeness (QED) is 0.101. The summed E-state index contributed by atoms with van der Waals surface area (Å²) in [5.41, 5.74) is 8.08. The van der Waals surface area contributed by atoms with Gasteiger partial charge < -0.3 is 13.9 Å². The fraction of sp³-hybridized carbons (Fsp3) is 0.233. The number of hydrogen-bond acceptors (Lipinski definition) is 2. The van der Waals surface area contributed by atoms with Gasteiger partial charge in [-0.1, -0.05) is 255 Å². The summed E-state index contributed by atoms with van der Waals surface area (Å²) in [5, 5.41) is 1.99. The number of nitrogens with zero attached hydrogens (tertiary/aromatic N) is 4. The molecule has 92 heavy (non-hydrogen) atoms. The first-order valence-electron chi connectivity index (χ1n) is 37.5. The van der Waals surface area contributed by atoms with Crippen LogP contribution >= 0.6 is 0 Å². The fourth-order valence-electron chi connectivity index (χ4n) is 11.7. The number of imidazole rings is 1. The van der Waals surface area contributed by atoms with Gasteiger partial charge in [0.15, 0.2) is 0 Å². The molecule has 464 valence electrons. The minimum atomic E-state index is -0.751. The smallest absolute Gasteiger partial charge is 0.268 e. The van der Waals surface area contributed by atoms with Crippen LogP contribution in [0, 0.1) is 18.5 Å². The molecule has 0 atom stereocenters. The van der Waals surface area contributed by atoms with Gasteiger partial charge in [0.2, 0.25) is 0 Å². The Morgan fingerprint density at radius 1 is 0.424 bits per heavy atom. The van der Waals surface area contributed by atoms with E-state index in [0.717, 1.165) is 72.1 Å². The van der Waals surface area contributed by atoms with Gasteiger partial charge in [-0.15, -0.1) is 29.7 Å². The molecule has 0 radical (unpaired) electrons. The molecule has 5 nitrogen and oxygen atoms in total. The molecule has 0 N–H and O–H groups in total. The molecule has 3 heterocycles. The predicted octanol–water partition coefficient (Wildman–Crippen LogP) is 22.4. The van der Waals surface area contributed by atoms with Crippen LogP contribution in [-0.2, 0) is 48.1 Å². The van der Waals surface area contributed by atoms with Crippen LogP contribution in [0.15, 0.2) is 224 Å². The molecular weight excluding hydrogens is 1300 g/mol. The topological polar surface area (TPSA) is 35.9 Å². The predicted molar refractivity (Wildman–Crippen MR) is 381 cm³/mol. The SMILES string of the molecule is [2H]c1c([2H])c([2H])c(-c2c([2H])c(-c3cc(C(C)(C)C)cc(-c4cc(C(C)(C)C)cc(C(C)(C)C)c4)c3-[n+]3[c-]n(-c4[c-]c(Oc5[c-]c6c(cc5)c5ccccc5n6-c5cc(C(C)(C)C)ccn5)ccc4)c4cc(-c5ccc(C(C)(C)C)cc5)ccc43)c([2H])c(-c3c([2H])c([2H])c([2H])c([2H])c3[2H])c2[2H])c([2H])c1[2H].[Pt]. The van der Waals surface area contributed by atoms with Gasteiger partial charge in [0.25, 0.3) is 6.33 Å². The Labute approximate surface area is 578 Å². The molecule has 0 saturated heterocycles. The molecule has 13 rings (SSSR count). The van der Waals surface area contributed by atoms with Gasteiger partial charge in [-0.05, 0) is 164 Å². The molecule has 0 unspecified atom stereocenters. The Morgan fingerprint density at radius 2 is 0.978 bits per heavy atom. The van der Waals surface area contributed by atoms with E-state index in [0.29, 0.717) is 39.5 Å². The van der Waals surface area contributed by atoms with Crippen LogP contribution in [-0.4, -0.2) is 14.1 Å². The zero-order chi connectivity index (χ0) is 75.3. The summed E-state index contributed by atoms with van der Waals surface area (Å²) in [4.78, 5) is 4.90. The van der Waals surface area contributed by atoms with E-state index in [4.69, 9.17) is 17.9 Å². The van der Waals surface area contributed by atoms with Crippen molar-refractivity contribution in [2.24, 2.45) is 0 Å². The van der Waals surface area contributed by atoms with E-state index in [1.807, 2.05) is 103 Å². The zero-order valence-electron chi connectivity index (χ0n) is 67.9. The van der Waals surface area contributed by atoms with Crippen molar-refractivity contribution in [1.82, 2.24) is 14.1 Å². The first-order chi connectivity index (χ1) is 48.6. The Morgan fingerprint density at radius 3 is 1.59 bits per heavy atom. The van der Waals surface area contributed by atoms with Crippen molar-refractivity contribution in [2.75, 3.05) is 0 Å². The third kappa shape index (κ3) is 12.5. The largest absolute Gasteiger partial charge is 0.510 e. The van der Waals surface area contributed by atoms with E-state index < -0.39 is 117 Å². The van der Waals surface area contributed by atoms with Crippen molar-refractivity contribution in [2.45, 2.75) is 131 Å². The van der Waals surface area contributed by atoms with E-state index in [9.17, 15) is 9.60 Å². The first-order valence-corrected chi connectivity index (χ1v) is 31.0. The number of para-hydroxylation sites is 1. The van der Waals surface area contributed by atoms with E-state index >= 15 is 0 Å². The van der Waals surface area contributed by atoms with E-state index in [1.54, 1.807) is 0 Å². The van der Waals surface area contributed by atoms with Gasteiger partial charge >= 0.3 is 0 Å². The summed E-state index contributed by atoms with van der Waals surface area (Å²) in [6, 6.07) is 44.9. The number of pyridine rings is 1. The molecular formula is C86H82N4OPt-2. The van der Waals surface area contributed by atoms with E-state index in [1.165, 1.54) is 0 Å². The van der Waals surface area contributed by atoms with Gasteiger partial charge in [-0.3, -0.25) is 4.57 Å². The maximum atomic E-state index is 10.7. The minimum absolute atomic E-state index is 0. The molecule has 0 bridgehead atoms. The Bertz CT molecular complexity index is 5540. The summed E-state index contributed by atoms with van der Waals surface area (Å²) in [6.45, 7) is 32.1. The van der Waals surface area contributed by atoms with Crippen LogP contribution in [0.2, 0.25) is 0 Å². The van der Waals surface area contributed by atoms with Crippen molar-refractivity contribution in [3.63, 3.8) is 0 Å². The Hall–Kier alpha value is -8.89. The second kappa shape index (κ2) is 24.0. The molecule has 6 heteroatoms. The van der Waals surface area contributed by atoms with Crippen molar-refractivity contribution in [3.05, 3.63) is 271 Å². The van der Waals surface area contributed by atoms with E-state index in [-0.39, 0.29) is 43.0 Å². The van der Waals surface area contributed by atoms with Crippen LogP contribution < -0.4 is 9.30 Å². The van der Waals surface area contributed by atoms with Crippen LogP contribution in [0.25, 0.3) is 106 Å². The summed E-state index contributed by atoms with van der Waals surface area (Å²) in [5.74, 6) is 1.51. The number of rotatable bonds is 10. The molecule has 0 spiro atoms. The Balaban J connectivity index is 0.0000104. The second-order valence-corrected chi connectivity index (χ2v) is 28.9. The van der Waals surface area contributed by atoms with Gasteiger partial charge in [0.05, 0.1) is 34.5 Å². The molecule has 0 aliphatic rings. The van der Waals surface area contributed by atoms with E-state index in [2.05, 4.69) is 179 Å². The van der Waals surface area contributed by atoms with Crippen molar-refractivity contribution >= 4 is 32.8 Å². The molecule has 0 amide bonds. The molecule has 13 aromatic rings. The maximum Gasteiger partial charge on any atom is 0.268 e. The third-order valence-electron chi connectivity index (χ3n) is 17.0. The minimum Gasteiger partial charge on any atom is -0.510 e. The number of ether oxygens (including phenoxy) is 1. The molecule has 10 aromatic carbocycles. The normalized spacial score (nSPS) is 14.4. The number of hydrogen-bond donors (Lipinski definition) is 0. The van der Waals surface area contributed by atoms with Gasteiger partial charge in [-0.2, -0.15) is 18.2 Å².